The largest absolute Gasteiger partial charge is 0.496 e. The SMILES string of the molecule is CCNc1nc2c(-c3cccnc3C)cc(-c3c(C)noc3C)cc2[nH]1.CCNc1nc2c(Br)cc(-c3c(C)noc3C)cc2[nH]1.Cc1ncccc1B1OC(C)(C)C(C)(C)O1.Cc1noc(C)c1-c1cc(N)c(N)c(Br)c1. The fourth-order valence-electron chi connectivity index (χ4n) is 9.14. The predicted octanol–water partition coefficient (Wildman–Crippen LogP) is 13.2. The van der Waals surface area contributed by atoms with E-state index in [-0.39, 0.29) is 18.3 Å². The van der Waals surface area contributed by atoms with Crippen molar-refractivity contribution in [3.63, 3.8) is 0 Å². The predicted molar refractivity (Wildman–Crippen MR) is 319 cm³/mol. The van der Waals surface area contributed by atoms with Gasteiger partial charge in [-0.15, -0.1) is 0 Å². The Morgan fingerprint density at radius 3 is 1.46 bits per heavy atom. The molecule has 78 heavy (non-hydrogen) atoms. The molecule has 1 aliphatic rings. The first-order valence-electron chi connectivity index (χ1n) is 25.6. The number of H-pyrrole nitrogens is 2. The molecule has 1 aliphatic heterocycles. The summed E-state index contributed by atoms with van der Waals surface area (Å²) in [6.07, 6.45) is 3.59. The molecule has 8 N–H and O–H groups in total. The summed E-state index contributed by atoms with van der Waals surface area (Å²) in [6.45, 7) is 29.5. The molecule has 21 heteroatoms. The second kappa shape index (κ2) is 23.3. The topological polar surface area (TPSA) is 256 Å². The maximum absolute atomic E-state index is 5.97. The Kier molecular flexibility index (Phi) is 17.0. The molecular formula is C57H66BBr2N13O5. The number of hydrogen-bond donors (Lipinski definition) is 6. The lowest BCUT2D eigenvalue weighted by Crippen LogP contribution is -2.41. The van der Waals surface area contributed by atoms with Gasteiger partial charge in [0.2, 0.25) is 11.9 Å². The lowest BCUT2D eigenvalue weighted by Gasteiger charge is -2.32. The van der Waals surface area contributed by atoms with E-state index in [4.69, 9.17) is 39.3 Å². The molecule has 0 radical (unpaired) electrons. The molecule has 8 heterocycles. The number of rotatable bonds is 9. The van der Waals surface area contributed by atoms with Gasteiger partial charge in [0.1, 0.15) is 22.8 Å². The minimum absolute atomic E-state index is 0.292. The number of hydrogen-bond acceptors (Lipinski definition) is 16. The smallest absolute Gasteiger partial charge is 0.399 e. The highest BCUT2D eigenvalue weighted by molar-refractivity contribution is 9.11. The number of aryl methyl sites for hydroxylation is 8. The summed E-state index contributed by atoms with van der Waals surface area (Å²) in [5, 5.41) is 18.5. The molecule has 406 valence electrons. The first kappa shape index (κ1) is 56.9. The third kappa shape index (κ3) is 11.9. The van der Waals surface area contributed by atoms with Crippen LogP contribution in [0.4, 0.5) is 23.3 Å². The van der Waals surface area contributed by atoms with Gasteiger partial charge in [-0.2, -0.15) is 0 Å². The van der Waals surface area contributed by atoms with Gasteiger partial charge < -0.3 is 54.9 Å². The molecule has 0 aliphatic carbocycles. The van der Waals surface area contributed by atoms with E-state index >= 15 is 0 Å². The van der Waals surface area contributed by atoms with Gasteiger partial charge in [-0.1, -0.05) is 27.6 Å². The van der Waals surface area contributed by atoms with Crippen LogP contribution in [0.2, 0.25) is 0 Å². The first-order valence-corrected chi connectivity index (χ1v) is 27.1. The third-order valence-electron chi connectivity index (χ3n) is 13.8. The van der Waals surface area contributed by atoms with Crippen LogP contribution in [0.5, 0.6) is 0 Å². The molecule has 0 atom stereocenters. The molecule has 0 saturated carbocycles. The minimum atomic E-state index is -0.307. The van der Waals surface area contributed by atoms with E-state index in [0.717, 1.165) is 152 Å². The molecule has 0 amide bonds. The second-order valence-electron chi connectivity index (χ2n) is 20.0. The summed E-state index contributed by atoms with van der Waals surface area (Å²) in [6, 6.07) is 20.1. The summed E-state index contributed by atoms with van der Waals surface area (Å²) in [5.41, 5.74) is 29.6. The number of anilines is 4. The van der Waals surface area contributed by atoms with Crippen LogP contribution in [-0.2, 0) is 9.31 Å². The summed E-state index contributed by atoms with van der Waals surface area (Å²) < 4.78 is 29.4. The van der Waals surface area contributed by atoms with Gasteiger partial charge in [0.15, 0.2) is 0 Å². The van der Waals surface area contributed by atoms with Crippen LogP contribution < -0.4 is 27.6 Å². The Bertz CT molecular complexity index is 3670. The van der Waals surface area contributed by atoms with Crippen molar-refractivity contribution in [2.75, 3.05) is 35.2 Å². The molecule has 7 aromatic heterocycles. The monoisotopic (exact) mass is 1180 g/mol. The molecule has 1 saturated heterocycles. The third-order valence-corrected chi connectivity index (χ3v) is 15.1. The van der Waals surface area contributed by atoms with Crippen molar-refractivity contribution >= 4 is 89.8 Å². The van der Waals surface area contributed by atoms with Gasteiger partial charge in [-0.3, -0.25) is 9.97 Å². The fourth-order valence-corrected chi connectivity index (χ4v) is 10.2. The zero-order chi connectivity index (χ0) is 56.4. The van der Waals surface area contributed by atoms with Crippen molar-refractivity contribution in [1.82, 2.24) is 45.4 Å². The molecule has 1 fully saturated rings. The zero-order valence-electron chi connectivity index (χ0n) is 46.5. The number of nitrogen functional groups attached to an aromatic ring is 2. The lowest BCUT2D eigenvalue weighted by atomic mass is 9.78. The molecule has 0 unspecified atom stereocenters. The number of benzene rings is 3. The maximum Gasteiger partial charge on any atom is 0.496 e. The highest BCUT2D eigenvalue weighted by atomic mass is 79.9. The zero-order valence-corrected chi connectivity index (χ0v) is 49.7. The maximum atomic E-state index is 5.97. The minimum Gasteiger partial charge on any atom is -0.399 e. The van der Waals surface area contributed by atoms with Gasteiger partial charge in [0, 0.05) is 79.1 Å². The number of nitrogens with two attached hydrogens (primary N) is 2. The van der Waals surface area contributed by atoms with Crippen LogP contribution in [0.3, 0.4) is 0 Å². The van der Waals surface area contributed by atoms with Crippen LogP contribution >= 0.6 is 31.9 Å². The average molecular weight is 1180 g/mol. The number of nitrogens with one attached hydrogen (secondary N) is 4. The fraction of sp³-hybridized carbons (Fsp3) is 0.316. The van der Waals surface area contributed by atoms with Crippen molar-refractivity contribution in [2.24, 2.45) is 0 Å². The molecule has 0 bridgehead atoms. The summed E-state index contributed by atoms with van der Waals surface area (Å²) >= 11 is 6.96. The van der Waals surface area contributed by atoms with Crippen molar-refractivity contribution in [3.05, 3.63) is 128 Å². The van der Waals surface area contributed by atoms with E-state index in [0.29, 0.717) is 11.4 Å². The van der Waals surface area contributed by atoms with E-state index in [9.17, 15) is 0 Å². The quantitative estimate of drug-likeness (QED) is 0.0580. The first-order chi connectivity index (χ1) is 37.0. The van der Waals surface area contributed by atoms with E-state index in [2.05, 4.69) is 142 Å². The van der Waals surface area contributed by atoms with Crippen LogP contribution in [0.1, 0.15) is 87.3 Å². The summed E-state index contributed by atoms with van der Waals surface area (Å²) in [7, 11) is -0.307. The number of halogens is 2. The Balaban J connectivity index is 0.000000140. The van der Waals surface area contributed by atoms with Crippen LogP contribution in [0.15, 0.2) is 95.6 Å². The van der Waals surface area contributed by atoms with Gasteiger partial charge in [-0.25, -0.2) is 9.97 Å². The average Bonchev–Trinajstić information content (AvgIpc) is 4.31. The molecule has 10 aromatic rings. The Morgan fingerprint density at radius 1 is 0.551 bits per heavy atom. The normalized spacial score (nSPS) is 13.4. The van der Waals surface area contributed by atoms with Crippen LogP contribution in [0, 0.1) is 55.4 Å². The van der Waals surface area contributed by atoms with Crippen molar-refractivity contribution in [1.29, 1.82) is 0 Å². The molecule has 3 aromatic carbocycles. The number of imidazole rings is 2. The number of aromatic amines is 2. The Labute approximate surface area is 471 Å². The molecule has 0 spiro atoms. The van der Waals surface area contributed by atoms with Crippen molar-refractivity contribution in [2.45, 2.75) is 108 Å². The van der Waals surface area contributed by atoms with E-state index in [1.165, 1.54) is 0 Å². The Hall–Kier alpha value is -7.33. The highest BCUT2D eigenvalue weighted by Crippen LogP contribution is 2.40. The number of nitrogens with zero attached hydrogens (tertiary/aromatic N) is 7. The van der Waals surface area contributed by atoms with Gasteiger partial charge in [-0.05, 0) is 194 Å². The second-order valence-corrected chi connectivity index (χ2v) is 21.7. The number of pyridine rings is 2. The van der Waals surface area contributed by atoms with Gasteiger partial charge in [0.05, 0.1) is 56.2 Å². The summed E-state index contributed by atoms with van der Waals surface area (Å²) in [4.78, 5) is 24.6. The van der Waals surface area contributed by atoms with Gasteiger partial charge >= 0.3 is 7.12 Å². The van der Waals surface area contributed by atoms with Crippen molar-refractivity contribution in [3.8, 4) is 44.5 Å². The standard InChI is InChI=1S/C20H21N5O.C14H15BrN4O.C12H18BNO2.C11H12BrN3O/c1-5-21-20-23-17-10-14(18-12(3)25-26-13(18)4)9-16(19(17)24-20)15-7-6-8-22-11(15)2;1-4-16-14-17-11-6-9(5-10(15)13(11)18-14)12-7(2)19-20-8(12)3;1-9-10(7-6-8-14-9)13-15-11(2,3)12(4,5)16-13;1-5-10(6(2)16-15-5)7-3-8(12)11(14)9(13)4-7/h6-10H,5H2,1-4H3,(H2,21,23,24);5-6H,4H2,1-3H3,(H2,16,17,18);6-8H,1-5H3;3-4H,13-14H2,1-2H3. The molecule has 11 rings (SSSR count). The summed E-state index contributed by atoms with van der Waals surface area (Å²) in [5.74, 6) is 3.94. The lowest BCUT2D eigenvalue weighted by molar-refractivity contribution is 0.00578. The highest BCUT2D eigenvalue weighted by Gasteiger charge is 2.52. The van der Waals surface area contributed by atoms with Crippen LogP contribution in [0.25, 0.3) is 66.6 Å². The number of aromatic nitrogens is 9. The van der Waals surface area contributed by atoms with Gasteiger partial charge in [0.25, 0.3) is 0 Å². The molecule has 18 nitrogen and oxygen atoms in total. The number of fused-ring (bicyclic) bond motifs is 2. The Morgan fingerprint density at radius 2 is 1.00 bits per heavy atom. The van der Waals surface area contributed by atoms with E-state index in [1.54, 1.807) is 6.20 Å². The van der Waals surface area contributed by atoms with Crippen molar-refractivity contribution < 1.29 is 22.9 Å². The van der Waals surface area contributed by atoms with Crippen LogP contribution in [-0.4, -0.2) is 76.8 Å². The van der Waals surface area contributed by atoms with E-state index in [1.807, 2.05) is 105 Å². The van der Waals surface area contributed by atoms with E-state index < -0.39 is 0 Å². The molecular weight excluding hydrogens is 1120 g/mol.